The number of nitrogens with zero attached hydrogens (tertiary/aromatic N) is 5. The minimum Gasteiger partial charge on any atom is -0.361 e. The van der Waals surface area contributed by atoms with Crippen LogP contribution in [0.5, 0.6) is 0 Å². The van der Waals surface area contributed by atoms with Gasteiger partial charge in [0.1, 0.15) is 17.8 Å². The molecule has 0 unspecified atom stereocenters. The Balaban J connectivity index is 1.51. The number of hydrogen-bond donors (Lipinski definition) is 1. The number of alkyl halides is 2. The van der Waals surface area contributed by atoms with Crippen LogP contribution in [0.15, 0.2) is 41.6 Å². The number of benzene rings is 1. The van der Waals surface area contributed by atoms with Gasteiger partial charge in [0.05, 0.1) is 5.39 Å². The number of pyridine rings is 1. The zero-order valence-corrected chi connectivity index (χ0v) is 20.5. The molecule has 4 aromatic rings. The van der Waals surface area contributed by atoms with E-state index < -0.39 is 6.43 Å². The third-order valence-corrected chi connectivity index (χ3v) is 7.17. The van der Waals surface area contributed by atoms with Gasteiger partial charge >= 0.3 is 0 Å². The fourth-order valence-electron chi connectivity index (χ4n) is 5.26. The van der Waals surface area contributed by atoms with Crippen molar-refractivity contribution in [3.05, 3.63) is 63.8 Å². The molecule has 0 radical (unpaired) electrons. The van der Waals surface area contributed by atoms with Crippen LogP contribution in [0.3, 0.4) is 0 Å². The first-order valence-electron chi connectivity index (χ1n) is 11.9. The van der Waals surface area contributed by atoms with Gasteiger partial charge in [-0.1, -0.05) is 0 Å². The highest BCUT2D eigenvalue weighted by molar-refractivity contribution is 5.88. The molecule has 0 atom stereocenters. The second kappa shape index (κ2) is 9.33. The Morgan fingerprint density at radius 2 is 1.94 bits per heavy atom. The van der Waals surface area contributed by atoms with E-state index in [0.29, 0.717) is 60.4 Å². The first-order chi connectivity index (χ1) is 17.2. The predicted molar refractivity (Wildman–Crippen MR) is 134 cm³/mol. The van der Waals surface area contributed by atoms with Gasteiger partial charge < -0.3 is 14.8 Å². The van der Waals surface area contributed by atoms with E-state index in [1.807, 2.05) is 24.1 Å². The van der Waals surface area contributed by atoms with Crippen LogP contribution in [-0.2, 0) is 18.4 Å². The summed E-state index contributed by atoms with van der Waals surface area (Å²) < 4.78 is 28.9. The van der Waals surface area contributed by atoms with Crippen LogP contribution in [0.25, 0.3) is 21.9 Å². The SMILES string of the molecule is CC(=O)N1CCC(c2cc3c(N(C)Cc4cc(C(F)F)c5cc[nH]c5c4)ncnc3n(C)c2=O)CC1. The van der Waals surface area contributed by atoms with Crippen molar-refractivity contribution in [3.63, 3.8) is 0 Å². The van der Waals surface area contributed by atoms with Gasteiger partial charge in [0.15, 0.2) is 0 Å². The second-order valence-electron chi connectivity index (χ2n) is 9.46. The standard InChI is InChI=1S/C26H28F2N6O2/c1-15(35)34-8-5-17(6-9-34)19-12-21-24(30-14-31-25(21)33(3)26(19)36)32(2)13-16-10-20(23(27)28)18-4-7-29-22(18)11-16/h4,7,10-12,14,17,23,29H,5-6,8-9,13H2,1-3H3. The summed E-state index contributed by atoms with van der Waals surface area (Å²) in [6, 6.07) is 6.93. The highest BCUT2D eigenvalue weighted by Gasteiger charge is 2.26. The van der Waals surface area contributed by atoms with E-state index in [1.54, 1.807) is 35.7 Å². The van der Waals surface area contributed by atoms with E-state index in [9.17, 15) is 18.4 Å². The largest absolute Gasteiger partial charge is 0.361 e. The number of hydrogen-bond acceptors (Lipinski definition) is 5. The van der Waals surface area contributed by atoms with Gasteiger partial charge in [0.2, 0.25) is 5.91 Å². The molecule has 1 aromatic carbocycles. The highest BCUT2D eigenvalue weighted by atomic mass is 19.3. The lowest BCUT2D eigenvalue weighted by molar-refractivity contribution is -0.129. The molecule has 1 saturated heterocycles. The number of carbonyl (C=O) groups excluding carboxylic acids is 1. The minimum atomic E-state index is -2.58. The average molecular weight is 495 g/mol. The zero-order valence-electron chi connectivity index (χ0n) is 20.5. The molecule has 1 aliphatic rings. The van der Waals surface area contributed by atoms with Crippen molar-refractivity contribution >= 4 is 33.7 Å². The fraction of sp³-hybridized carbons (Fsp3) is 0.385. The van der Waals surface area contributed by atoms with Crippen LogP contribution >= 0.6 is 0 Å². The monoisotopic (exact) mass is 494 g/mol. The van der Waals surface area contributed by atoms with Crippen molar-refractivity contribution in [3.8, 4) is 0 Å². The van der Waals surface area contributed by atoms with Crippen LogP contribution in [0.2, 0.25) is 0 Å². The van der Waals surface area contributed by atoms with Gasteiger partial charge in [-0.05, 0) is 48.6 Å². The Morgan fingerprint density at radius 3 is 2.64 bits per heavy atom. The summed E-state index contributed by atoms with van der Waals surface area (Å²) in [6.07, 6.45) is 1.92. The highest BCUT2D eigenvalue weighted by Crippen LogP contribution is 2.32. The summed E-state index contributed by atoms with van der Waals surface area (Å²) in [5.74, 6) is 0.693. The van der Waals surface area contributed by atoms with E-state index in [1.165, 1.54) is 12.4 Å². The molecule has 3 aromatic heterocycles. The van der Waals surface area contributed by atoms with Crippen LogP contribution < -0.4 is 10.5 Å². The van der Waals surface area contributed by atoms with Gasteiger partial charge in [-0.15, -0.1) is 0 Å². The van der Waals surface area contributed by atoms with Gasteiger partial charge in [0, 0.05) is 68.9 Å². The number of aromatic nitrogens is 4. The smallest absolute Gasteiger partial charge is 0.264 e. The third-order valence-electron chi connectivity index (χ3n) is 7.17. The summed E-state index contributed by atoms with van der Waals surface area (Å²) >= 11 is 0. The van der Waals surface area contributed by atoms with Gasteiger partial charge in [0.25, 0.3) is 12.0 Å². The topological polar surface area (TPSA) is 87.1 Å². The Bertz CT molecular complexity index is 1500. The van der Waals surface area contributed by atoms with Crippen molar-refractivity contribution < 1.29 is 13.6 Å². The number of aryl methyl sites for hydroxylation is 1. The van der Waals surface area contributed by atoms with E-state index in [-0.39, 0.29) is 22.9 Å². The van der Waals surface area contributed by atoms with Gasteiger partial charge in [-0.25, -0.2) is 18.7 Å². The molecule has 188 valence electrons. The summed E-state index contributed by atoms with van der Waals surface area (Å²) in [7, 11) is 3.54. The summed E-state index contributed by atoms with van der Waals surface area (Å²) in [4.78, 5) is 40.5. The average Bonchev–Trinajstić information content (AvgIpc) is 3.34. The maximum Gasteiger partial charge on any atom is 0.264 e. The van der Waals surface area contributed by atoms with Crippen molar-refractivity contribution in [2.45, 2.75) is 38.7 Å². The molecule has 0 bridgehead atoms. The number of fused-ring (bicyclic) bond motifs is 2. The lowest BCUT2D eigenvalue weighted by Gasteiger charge is -2.31. The Kier molecular flexibility index (Phi) is 6.19. The molecule has 8 nitrogen and oxygen atoms in total. The molecule has 5 rings (SSSR count). The number of piperidine rings is 1. The quantitative estimate of drug-likeness (QED) is 0.451. The third kappa shape index (κ3) is 4.20. The summed E-state index contributed by atoms with van der Waals surface area (Å²) in [6.45, 7) is 3.14. The fourth-order valence-corrected chi connectivity index (χ4v) is 5.26. The zero-order chi connectivity index (χ0) is 25.6. The Morgan fingerprint density at radius 1 is 1.19 bits per heavy atom. The first-order valence-corrected chi connectivity index (χ1v) is 11.9. The first kappa shape index (κ1) is 23.9. The number of halogens is 2. The maximum atomic E-state index is 13.7. The summed E-state index contributed by atoms with van der Waals surface area (Å²) in [5.41, 5.74) is 2.46. The lowest BCUT2D eigenvalue weighted by atomic mass is 9.89. The number of anilines is 1. The molecule has 36 heavy (non-hydrogen) atoms. The molecular weight excluding hydrogens is 466 g/mol. The molecule has 10 heteroatoms. The second-order valence-corrected chi connectivity index (χ2v) is 9.46. The maximum absolute atomic E-state index is 13.7. The van der Waals surface area contributed by atoms with Crippen LogP contribution in [0.4, 0.5) is 14.6 Å². The van der Waals surface area contributed by atoms with E-state index >= 15 is 0 Å². The van der Waals surface area contributed by atoms with Crippen LogP contribution in [0, 0.1) is 0 Å². The number of likely N-dealkylation sites (tertiary alicyclic amines) is 1. The molecule has 4 heterocycles. The van der Waals surface area contributed by atoms with E-state index in [4.69, 9.17) is 0 Å². The van der Waals surface area contributed by atoms with Crippen molar-refractivity contribution in [2.24, 2.45) is 7.05 Å². The summed E-state index contributed by atoms with van der Waals surface area (Å²) in [5, 5.41) is 1.24. The molecule has 1 N–H and O–H groups in total. The van der Waals surface area contributed by atoms with Crippen molar-refractivity contribution in [2.75, 3.05) is 25.0 Å². The van der Waals surface area contributed by atoms with E-state index in [0.717, 1.165) is 10.9 Å². The number of aromatic amines is 1. The minimum absolute atomic E-state index is 0.00807. The van der Waals surface area contributed by atoms with Crippen molar-refractivity contribution in [1.82, 2.24) is 24.4 Å². The molecule has 0 saturated carbocycles. The van der Waals surface area contributed by atoms with Crippen molar-refractivity contribution in [1.29, 1.82) is 0 Å². The van der Waals surface area contributed by atoms with Gasteiger partial charge in [-0.2, -0.15) is 0 Å². The molecule has 1 fully saturated rings. The molecule has 0 spiro atoms. The molecule has 1 amide bonds. The Hall–Kier alpha value is -3.82. The molecule has 1 aliphatic heterocycles. The number of nitrogens with one attached hydrogen (secondary N) is 1. The number of carbonyl (C=O) groups is 1. The van der Waals surface area contributed by atoms with Crippen LogP contribution in [0.1, 0.15) is 48.8 Å². The molecule has 0 aliphatic carbocycles. The van der Waals surface area contributed by atoms with Gasteiger partial charge in [-0.3, -0.25) is 14.2 Å². The normalized spacial score (nSPS) is 14.8. The number of rotatable bonds is 5. The number of H-pyrrole nitrogens is 1. The number of amides is 1. The Labute approximate surface area is 206 Å². The van der Waals surface area contributed by atoms with Crippen LogP contribution in [-0.4, -0.2) is 50.5 Å². The predicted octanol–water partition coefficient (Wildman–Crippen LogP) is 4.11. The lowest BCUT2D eigenvalue weighted by Crippen LogP contribution is -2.38. The molecular formula is C26H28F2N6O2. The van der Waals surface area contributed by atoms with E-state index in [2.05, 4.69) is 15.0 Å².